The third kappa shape index (κ3) is 2.49. The number of rotatable bonds is 2. The van der Waals surface area contributed by atoms with E-state index in [1.54, 1.807) is 18.2 Å². The number of hydrogen-bond donors (Lipinski definition) is 2. The number of aliphatic hydroxyl groups excluding tert-OH is 1. The highest BCUT2D eigenvalue weighted by atomic mass is 16.7. The normalized spacial score (nSPS) is 36.4. The van der Waals surface area contributed by atoms with Gasteiger partial charge < -0.3 is 29.3 Å². The average molecular weight is 341 g/mol. The molecule has 0 radical (unpaired) electrons. The number of nitrogens with zero attached hydrogens (tertiary/aromatic N) is 1. The van der Waals surface area contributed by atoms with Crippen LogP contribution in [0.25, 0.3) is 0 Å². The van der Waals surface area contributed by atoms with E-state index < -0.39 is 18.5 Å². The maximum absolute atomic E-state index is 10.8. The molecule has 2 aromatic carbocycles. The first-order valence-electron chi connectivity index (χ1n) is 8.45. The van der Waals surface area contributed by atoms with Crippen molar-refractivity contribution in [3.63, 3.8) is 0 Å². The molecule has 130 valence electrons. The summed E-state index contributed by atoms with van der Waals surface area (Å²) >= 11 is 0. The third-order valence-electron chi connectivity index (χ3n) is 5.06. The lowest BCUT2D eigenvalue weighted by Gasteiger charge is -2.40. The van der Waals surface area contributed by atoms with Crippen LogP contribution in [-0.4, -0.2) is 47.4 Å². The van der Waals surface area contributed by atoms with E-state index in [9.17, 15) is 10.2 Å². The first kappa shape index (κ1) is 15.2. The summed E-state index contributed by atoms with van der Waals surface area (Å²) in [4.78, 5) is 1.96. The highest BCUT2D eigenvalue weighted by Gasteiger charge is 2.62. The minimum absolute atomic E-state index is 0.169. The Morgan fingerprint density at radius 3 is 2.64 bits per heavy atom. The largest absolute Gasteiger partial charge is 0.508 e. The number of anilines is 1. The quantitative estimate of drug-likeness (QED) is 0.812. The van der Waals surface area contributed by atoms with Crippen molar-refractivity contribution in [1.82, 2.24) is 0 Å². The molecule has 3 unspecified atom stereocenters. The van der Waals surface area contributed by atoms with Crippen molar-refractivity contribution in [3.8, 4) is 5.75 Å². The van der Waals surface area contributed by atoms with E-state index in [0.717, 1.165) is 11.3 Å². The minimum atomic E-state index is -0.679. The van der Waals surface area contributed by atoms with E-state index in [0.29, 0.717) is 6.61 Å². The second-order valence-electron chi connectivity index (χ2n) is 6.65. The van der Waals surface area contributed by atoms with E-state index in [2.05, 4.69) is 0 Å². The van der Waals surface area contributed by atoms with Crippen LogP contribution in [0, 0.1) is 0 Å². The van der Waals surface area contributed by atoms with Crippen LogP contribution in [0.1, 0.15) is 11.9 Å². The molecule has 3 saturated heterocycles. The molecule has 2 N–H and O–H groups in total. The Morgan fingerprint density at radius 1 is 1.00 bits per heavy atom. The molecular formula is C19H19NO5. The van der Waals surface area contributed by atoms with Crippen LogP contribution in [0.4, 0.5) is 5.69 Å². The predicted molar refractivity (Wildman–Crippen MR) is 89.0 cm³/mol. The number of hydrogen-bond acceptors (Lipinski definition) is 6. The van der Waals surface area contributed by atoms with Gasteiger partial charge in [0, 0.05) is 17.3 Å². The molecule has 0 saturated carbocycles. The second kappa shape index (κ2) is 5.71. The molecule has 25 heavy (non-hydrogen) atoms. The van der Waals surface area contributed by atoms with Gasteiger partial charge in [-0.25, -0.2) is 0 Å². The van der Waals surface area contributed by atoms with E-state index in [1.165, 1.54) is 0 Å². The fraction of sp³-hybridized carbons (Fsp3) is 0.368. The molecule has 6 heteroatoms. The smallest absolute Gasteiger partial charge is 0.184 e. The number of phenolic OH excluding ortho intramolecular Hbond substituents is 1. The minimum Gasteiger partial charge on any atom is -0.508 e. The van der Waals surface area contributed by atoms with Crippen LogP contribution >= 0.6 is 0 Å². The number of benzene rings is 2. The highest BCUT2D eigenvalue weighted by molar-refractivity contribution is 5.59. The van der Waals surface area contributed by atoms with Crippen molar-refractivity contribution in [3.05, 3.63) is 60.2 Å². The van der Waals surface area contributed by atoms with Gasteiger partial charge in [-0.2, -0.15) is 0 Å². The Kier molecular flexibility index (Phi) is 3.46. The number of aromatic hydroxyl groups is 1. The molecule has 3 aliphatic rings. The Morgan fingerprint density at radius 2 is 1.84 bits per heavy atom. The summed E-state index contributed by atoms with van der Waals surface area (Å²) in [6.45, 7) is 0.373. The molecule has 0 aromatic heterocycles. The lowest BCUT2D eigenvalue weighted by atomic mass is 10.0. The fourth-order valence-electron chi connectivity index (χ4n) is 3.80. The maximum Gasteiger partial charge on any atom is 0.184 e. The summed E-state index contributed by atoms with van der Waals surface area (Å²) in [5, 5.41) is 20.5. The molecule has 3 aliphatic heterocycles. The molecule has 3 heterocycles. The zero-order valence-electron chi connectivity index (χ0n) is 13.4. The fourth-order valence-corrected chi connectivity index (χ4v) is 3.80. The first-order chi connectivity index (χ1) is 12.2. The lowest BCUT2D eigenvalue weighted by molar-refractivity contribution is -0.296. The molecule has 0 amide bonds. The molecule has 3 fully saturated rings. The van der Waals surface area contributed by atoms with Crippen LogP contribution in [0.15, 0.2) is 54.6 Å². The average Bonchev–Trinajstić information content (AvgIpc) is 3.37. The first-order valence-corrected chi connectivity index (χ1v) is 8.45. The summed E-state index contributed by atoms with van der Waals surface area (Å²) in [6, 6.07) is 16.5. The SMILES string of the molecule is Oc1cccc(N2C3[C@@H](O)[C@@H]4OC(c5ccccc5)OCC4O[C@@H]32)c1. The highest BCUT2D eigenvalue weighted by Crippen LogP contribution is 2.46. The Hall–Kier alpha value is -2.12. The van der Waals surface area contributed by atoms with E-state index in [-0.39, 0.29) is 24.1 Å². The van der Waals surface area contributed by atoms with Crippen molar-refractivity contribution in [2.24, 2.45) is 0 Å². The zero-order valence-corrected chi connectivity index (χ0v) is 13.4. The lowest BCUT2D eigenvalue weighted by Crippen LogP contribution is -2.54. The number of ether oxygens (including phenoxy) is 3. The van der Waals surface area contributed by atoms with Gasteiger partial charge in [0.15, 0.2) is 12.5 Å². The van der Waals surface area contributed by atoms with Crippen LogP contribution in [-0.2, 0) is 14.2 Å². The third-order valence-corrected chi connectivity index (χ3v) is 5.06. The molecular weight excluding hydrogens is 322 g/mol. The summed E-state index contributed by atoms with van der Waals surface area (Å²) < 4.78 is 17.9. The van der Waals surface area contributed by atoms with Gasteiger partial charge in [0.05, 0.1) is 6.61 Å². The van der Waals surface area contributed by atoms with Gasteiger partial charge in [0.2, 0.25) is 0 Å². The number of aliphatic hydroxyl groups is 1. The van der Waals surface area contributed by atoms with Crippen molar-refractivity contribution < 1.29 is 24.4 Å². The van der Waals surface area contributed by atoms with Crippen LogP contribution in [0.2, 0.25) is 0 Å². The van der Waals surface area contributed by atoms with Gasteiger partial charge >= 0.3 is 0 Å². The van der Waals surface area contributed by atoms with Crippen molar-refractivity contribution in [2.75, 3.05) is 11.5 Å². The summed E-state index contributed by atoms with van der Waals surface area (Å²) in [5.41, 5.74) is 1.75. The number of phenols is 1. The van der Waals surface area contributed by atoms with Crippen LogP contribution in [0.5, 0.6) is 5.75 Å². The molecule has 0 aliphatic carbocycles. The summed E-state index contributed by atoms with van der Waals surface area (Å²) in [6.07, 6.45) is -2.13. The summed E-state index contributed by atoms with van der Waals surface area (Å²) in [5.74, 6) is 0.191. The van der Waals surface area contributed by atoms with Crippen molar-refractivity contribution in [1.29, 1.82) is 0 Å². The van der Waals surface area contributed by atoms with E-state index in [1.807, 2.05) is 41.3 Å². The van der Waals surface area contributed by atoms with Gasteiger partial charge in [-0.1, -0.05) is 36.4 Å². The molecule has 6 nitrogen and oxygen atoms in total. The van der Waals surface area contributed by atoms with Crippen LogP contribution < -0.4 is 4.90 Å². The second-order valence-corrected chi connectivity index (χ2v) is 6.65. The Labute approximate surface area is 145 Å². The Bertz CT molecular complexity index is 769. The maximum atomic E-state index is 10.8. The van der Waals surface area contributed by atoms with Crippen molar-refractivity contribution in [2.45, 2.75) is 36.9 Å². The van der Waals surface area contributed by atoms with E-state index >= 15 is 0 Å². The standard InChI is InChI=1S/C19H19NO5/c21-13-8-4-7-12(9-13)20-15-16(22)17-14(24-18(15)20)10-23-19(25-17)11-5-2-1-3-6-11/h1-9,14-19,21-22H,10H2/t14?,15?,16-,17-,18+,19?,20?/m1/s1. The molecule has 0 spiro atoms. The van der Waals surface area contributed by atoms with Crippen molar-refractivity contribution >= 4 is 5.69 Å². The van der Waals surface area contributed by atoms with Crippen LogP contribution in [0.3, 0.4) is 0 Å². The topological polar surface area (TPSA) is 71.2 Å². The van der Waals surface area contributed by atoms with Gasteiger partial charge in [0.1, 0.15) is 30.1 Å². The Balaban J connectivity index is 1.35. The number of fused-ring (bicyclic) bond motifs is 2. The predicted octanol–water partition coefficient (Wildman–Crippen LogP) is 1.78. The van der Waals surface area contributed by atoms with Gasteiger partial charge in [-0.3, -0.25) is 0 Å². The molecule has 2 aromatic rings. The molecule has 6 atom stereocenters. The van der Waals surface area contributed by atoms with Gasteiger partial charge in [-0.05, 0) is 12.1 Å². The van der Waals surface area contributed by atoms with Gasteiger partial charge in [0.25, 0.3) is 0 Å². The monoisotopic (exact) mass is 341 g/mol. The molecule has 0 bridgehead atoms. The summed E-state index contributed by atoms with van der Waals surface area (Å²) in [7, 11) is 0. The molecule has 5 rings (SSSR count). The van der Waals surface area contributed by atoms with E-state index in [4.69, 9.17) is 14.2 Å². The zero-order chi connectivity index (χ0) is 17.0. The van der Waals surface area contributed by atoms with Gasteiger partial charge in [-0.15, -0.1) is 0 Å².